The van der Waals surface area contributed by atoms with Crippen LogP contribution in [0, 0.1) is 17.8 Å². The molecule has 38 heavy (non-hydrogen) atoms. The molecule has 0 aliphatic heterocycles. The van der Waals surface area contributed by atoms with Crippen LogP contribution in [0.1, 0.15) is 44.7 Å². The number of carbonyl (C=O) groups is 4. The maximum absolute atomic E-state index is 13.3. The number of alkyl carbamates (subject to hydrolysis) is 1. The van der Waals surface area contributed by atoms with Crippen molar-refractivity contribution in [2.45, 2.75) is 64.8 Å². The number of carbonyl (C=O) groups excluding carboxylic acids is 3. The van der Waals surface area contributed by atoms with Crippen molar-refractivity contribution in [2.24, 2.45) is 17.8 Å². The Hall–Kier alpha value is -3.88. The number of amides is 2. The van der Waals surface area contributed by atoms with Crippen LogP contribution >= 0.6 is 0 Å². The Bertz CT molecular complexity index is 1080. The van der Waals surface area contributed by atoms with Gasteiger partial charge in [-0.25, -0.2) is 9.59 Å². The molecule has 5 atom stereocenters. The molecule has 0 saturated heterocycles. The van der Waals surface area contributed by atoms with Crippen molar-refractivity contribution in [3.8, 4) is 0 Å². The van der Waals surface area contributed by atoms with E-state index in [9.17, 15) is 24.3 Å². The van der Waals surface area contributed by atoms with Gasteiger partial charge in [-0.1, -0.05) is 74.5 Å². The Labute approximate surface area is 222 Å². The molecule has 1 aliphatic carbocycles. The maximum Gasteiger partial charge on any atom is 0.408 e. The van der Waals surface area contributed by atoms with E-state index >= 15 is 0 Å². The van der Waals surface area contributed by atoms with Crippen LogP contribution in [0.4, 0.5) is 4.79 Å². The summed E-state index contributed by atoms with van der Waals surface area (Å²) >= 11 is 0. The van der Waals surface area contributed by atoms with E-state index in [-0.39, 0.29) is 31.0 Å². The summed E-state index contributed by atoms with van der Waals surface area (Å²) < 4.78 is 10.9. The highest BCUT2D eigenvalue weighted by molar-refractivity contribution is 5.93. The summed E-state index contributed by atoms with van der Waals surface area (Å²) in [7, 11) is 0. The van der Waals surface area contributed by atoms with E-state index < -0.39 is 41.9 Å². The van der Waals surface area contributed by atoms with Crippen LogP contribution in [0.2, 0.25) is 0 Å². The van der Waals surface area contributed by atoms with E-state index in [1.54, 1.807) is 54.6 Å². The van der Waals surface area contributed by atoms with Crippen LogP contribution in [-0.4, -0.2) is 47.2 Å². The number of hydrogen-bond donors (Lipinski definition) is 3. The first-order valence-corrected chi connectivity index (χ1v) is 12.9. The molecule has 1 fully saturated rings. The van der Waals surface area contributed by atoms with Gasteiger partial charge in [0, 0.05) is 0 Å². The van der Waals surface area contributed by atoms with Gasteiger partial charge in [-0.3, -0.25) is 9.59 Å². The summed E-state index contributed by atoms with van der Waals surface area (Å²) in [5.74, 6) is -3.59. The number of carboxylic acid groups (broad SMARTS) is 1. The Morgan fingerprint density at radius 1 is 0.895 bits per heavy atom. The normalized spacial score (nSPS) is 21.0. The second kappa shape index (κ2) is 13.6. The molecule has 0 bridgehead atoms. The second-order valence-electron chi connectivity index (χ2n) is 9.98. The van der Waals surface area contributed by atoms with Gasteiger partial charge in [-0.15, -0.1) is 0 Å². The van der Waals surface area contributed by atoms with Crippen LogP contribution in [-0.2, 0) is 36.9 Å². The lowest BCUT2D eigenvalue weighted by Crippen LogP contribution is -2.56. The molecule has 0 spiro atoms. The van der Waals surface area contributed by atoms with Crippen molar-refractivity contribution in [2.75, 3.05) is 0 Å². The van der Waals surface area contributed by atoms with Gasteiger partial charge in [0.1, 0.15) is 24.8 Å². The predicted molar refractivity (Wildman–Crippen MR) is 140 cm³/mol. The molecule has 9 nitrogen and oxygen atoms in total. The Morgan fingerprint density at radius 3 is 2.00 bits per heavy atom. The molecule has 2 aromatic carbocycles. The van der Waals surface area contributed by atoms with Crippen LogP contribution in [0.15, 0.2) is 60.7 Å². The zero-order chi connectivity index (χ0) is 27.7. The van der Waals surface area contributed by atoms with Gasteiger partial charge in [0.2, 0.25) is 5.91 Å². The molecule has 1 saturated carbocycles. The van der Waals surface area contributed by atoms with E-state index in [1.165, 1.54) is 6.92 Å². The number of benzene rings is 2. The lowest BCUT2D eigenvalue weighted by atomic mass is 9.91. The average Bonchev–Trinajstić information content (AvgIpc) is 3.22. The minimum absolute atomic E-state index is 0.0246. The van der Waals surface area contributed by atoms with Crippen molar-refractivity contribution < 1.29 is 33.8 Å². The van der Waals surface area contributed by atoms with Crippen molar-refractivity contribution in [1.82, 2.24) is 10.6 Å². The van der Waals surface area contributed by atoms with E-state index in [0.29, 0.717) is 5.56 Å². The largest absolute Gasteiger partial charge is 0.481 e. The first kappa shape index (κ1) is 28.7. The predicted octanol–water partition coefficient (Wildman–Crippen LogP) is 3.71. The van der Waals surface area contributed by atoms with Gasteiger partial charge in [0.25, 0.3) is 0 Å². The molecule has 3 N–H and O–H groups in total. The van der Waals surface area contributed by atoms with E-state index in [1.807, 2.05) is 19.9 Å². The Morgan fingerprint density at radius 2 is 1.45 bits per heavy atom. The highest BCUT2D eigenvalue weighted by atomic mass is 16.6. The third kappa shape index (κ3) is 8.06. The third-order valence-corrected chi connectivity index (χ3v) is 6.95. The summed E-state index contributed by atoms with van der Waals surface area (Å²) in [5, 5.41) is 15.0. The number of aliphatic carboxylic acids is 1. The minimum Gasteiger partial charge on any atom is -0.481 e. The Balaban J connectivity index is 1.73. The molecule has 0 heterocycles. The standard InChI is InChI=1S/C29H36N2O7/c1-18-14-15-19(2)25(18)38-28(35)20(3)30-26(32)24(23(27(33)34)16-21-10-6-4-7-11-21)31-29(36)37-17-22-12-8-5-9-13-22/h4-13,18-20,23-25H,14-17H2,1-3H3,(H,30,32)(H,31,36)(H,33,34)/t18?,19?,20-,23?,24+,25?/m1/s1. The first-order chi connectivity index (χ1) is 18.2. The zero-order valence-electron chi connectivity index (χ0n) is 22.0. The number of carboxylic acids is 1. The molecule has 1 aliphatic rings. The van der Waals surface area contributed by atoms with E-state index in [4.69, 9.17) is 9.47 Å². The van der Waals surface area contributed by atoms with E-state index in [2.05, 4.69) is 10.6 Å². The SMILES string of the molecule is CC1CCC(C)C1OC(=O)[C@@H](C)NC(=O)[C@@H](NC(=O)OCc1ccccc1)C(Cc1ccccc1)C(=O)O. The number of esters is 1. The highest BCUT2D eigenvalue weighted by Crippen LogP contribution is 2.33. The summed E-state index contributed by atoms with van der Waals surface area (Å²) in [6.45, 7) is 5.46. The molecule has 3 unspecified atom stereocenters. The van der Waals surface area contributed by atoms with Gasteiger partial charge < -0.3 is 25.2 Å². The third-order valence-electron chi connectivity index (χ3n) is 6.95. The summed E-state index contributed by atoms with van der Waals surface area (Å²) in [4.78, 5) is 51.0. The fourth-order valence-electron chi connectivity index (χ4n) is 4.70. The van der Waals surface area contributed by atoms with Gasteiger partial charge in [0.05, 0.1) is 5.92 Å². The number of hydrogen-bond acceptors (Lipinski definition) is 6. The zero-order valence-corrected chi connectivity index (χ0v) is 22.0. The minimum atomic E-state index is -1.50. The van der Waals surface area contributed by atoms with Crippen molar-refractivity contribution in [1.29, 1.82) is 0 Å². The molecule has 9 heteroatoms. The first-order valence-electron chi connectivity index (χ1n) is 12.9. The molecule has 2 amide bonds. The molecule has 204 valence electrons. The molecular formula is C29H36N2O7. The van der Waals surface area contributed by atoms with Gasteiger partial charge in [-0.2, -0.15) is 0 Å². The molecule has 2 aromatic rings. The topological polar surface area (TPSA) is 131 Å². The number of ether oxygens (including phenoxy) is 2. The quantitative estimate of drug-likeness (QED) is 0.382. The molecule has 0 aromatic heterocycles. The highest BCUT2D eigenvalue weighted by Gasteiger charge is 2.38. The fraction of sp³-hybridized carbons (Fsp3) is 0.448. The molecular weight excluding hydrogens is 488 g/mol. The fourth-order valence-corrected chi connectivity index (χ4v) is 4.70. The smallest absolute Gasteiger partial charge is 0.408 e. The van der Waals surface area contributed by atoms with Gasteiger partial charge in [0.15, 0.2) is 0 Å². The number of rotatable bonds is 11. The molecule has 0 radical (unpaired) electrons. The Kier molecular flexibility index (Phi) is 10.3. The van der Waals surface area contributed by atoms with Crippen molar-refractivity contribution in [3.63, 3.8) is 0 Å². The molecule has 3 rings (SSSR count). The summed E-state index contributed by atoms with van der Waals surface area (Å²) in [6.07, 6.45) is 0.696. The maximum atomic E-state index is 13.3. The average molecular weight is 525 g/mol. The van der Waals surface area contributed by atoms with Crippen LogP contribution < -0.4 is 10.6 Å². The van der Waals surface area contributed by atoms with Crippen molar-refractivity contribution >= 4 is 23.9 Å². The van der Waals surface area contributed by atoms with Crippen LogP contribution in [0.25, 0.3) is 0 Å². The second-order valence-corrected chi connectivity index (χ2v) is 9.98. The van der Waals surface area contributed by atoms with Crippen LogP contribution in [0.5, 0.6) is 0 Å². The lowest BCUT2D eigenvalue weighted by Gasteiger charge is -2.27. The van der Waals surface area contributed by atoms with E-state index in [0.717, 1.165) is 18.4 Å². The lowest BCUT2D eigenvalue weighted by molar-refractivity contribution is -0.156. The summed E-state index contributed by atoms with van der Waals surface area (Å²) in [6, 6.07) is 15.2. The number of nitrogens with one attached hydrogen (secondary N) is 2. The van der Waals surface area contributed by atoms with Gasteiger partial charge >= 0.3 is 18.0 Å². The summed E-state index contributed by atoms with van der Waals surface area (Å²) in [5.41, 5.74) is 1.41. The monoisotopic (exact) mass is 524 g/mol. The van der Waals surface area contributed by atoms with Crippen molar-refractivity contribution in [3.05, 3.63) is 71.8 Å². The van der Waals surface area contributed by atoms with Crippen LogP contribution in [0.3, 0.4) is 0 Å². The van der Waals surface area contributed by atoms with Gasteiger partial charge in [-0.05, 0) is 49.1 Å².